The summed E-state index contributed by atoms with van der Waals surface area (Å²) in [5, 5.41) is 3.60. The van der Waals surface area contributed by atoms with E-state index in [1.54, 1.807) is 0 Å². The number of hydrogen-bond donors (Lipinski definition) is 1. The van der Waals surface area contributed by atoms with Crippen LogP contribution in [0.25, 0.3) is 0 Å². The second kappa shape index (κ2) is 9.62. The average Bonchev–Trinajstić information content (AvgIpc) is 2.58. The smallest absolute Gasteiger partial charge is 0.193 e. The van der Waals surface area contributed by atoms with Gasteiger partial charge in [0.2, 0.25) is 0 Å². The van der Waals surface area contributed by atoms with E-state index in [-0.39, 0.29) is 0 Å². The van der Waals surface area contributed by atoms with E-state index in [0.29, 0.717) is 6.04 Å². The fourth-order valence-electron chi connectivity index (χ4n) is 4.00. The van der Waals surface area contributed by atoms with Gasteiger partial charge >= 0.3 is 0 Å². The van der Waals surface area contributed by atoms with Crippen molar-refractivity contribution in [1.29, 1.82) is 0 Å². The summed E-state index contributed by atoms with van der Waals surface area (Å²) in [6.45, 7) is 11.5. The van der Waals surface area contributed by atoms with Crippen LogP contribution in [0.15, 0.2) is 4.99 Å². The van der Waals surface area contributed by atoms with E-state index in [0.717, 1.165) is 30.9 Å². The zero-order chi connectivity index (χ0) is 17.5. The molecule has 5 heteroatoms. The van der Waals surface area contributed by atoms with E-state index in [9.17, 15) is 0 Å². The summed E-state index contributed by atoms with van der Waals surface area (Å²) >= 11 is 0. The molecule has 1 unspecified atom stereocenters. The largest absolute Gasteiger partial charge is 0.355 e. The van der Waals surface area contributed by atoms with E-state index < -0.39 is 0 Å². The van der Waals surface area contributed by atoms with Gasteiger partial charge in [-0.15, -0.1) is 0 Å². The number of piperazine rings is 1. The maximum Gasteiger partial charge on any atom is 0.193 e. The van der Waals surface area contributed by atoms with Gasteiger partial charge in [-0.05, 0) is 38.6 Å². The van der Waals surface area contributed by atoms with Crippen LogP contribution in [0.2, 0.25) is 0 Å². The van der Waals surface area contributed by atoms with Crippen LogP contribution in [0.3, 0.4) is 0 Å². The van der Waals surface area contributed by atoms with Crippen molar-refractivity contribution in [3.05, 3.63) is 0 Å². The molecule has 1 atom stereocenters. The zero-order valence-electron chi connectivity index (χ0n) is 16.6. The van der Waals surface area contributed by atoms with Crippen LogP contribution < -0.4 is 5.32 Å². The van der Waals surface area contributed by atoms with Crippen LogP contribution in [-0.2, 0) is 0 Å². The number of aliphatic imine (C=N–C) groups is 1. The predicted molar refractivity (Wildman–Crippen MR) is 104 cm³/mol. The Kier molecular flexibility index (Phi) is 7.82. The van der Waals surface area contributed by atoms with Crippen LogP contribution in [0.5, 0.6) is 0 Å². The minimum absolute atomic E-state index is 0.555. The highest BCUT2D eigenvalue weighted by Crippen LogP contribution is 2.28. The molecule has 2 fully saturated rings. The molecule has 1 saturated carbocycles. The van der Waals surface area contributed by atoms with Gasteiger partial charge in [0.25, 0.3) is 0 Å². The second-order valence-corrected chi connectivity index (χ2v) is 8.12. The van der Waals surface area contributed by atoms with Crippen LogP contribution in [0, 0.1) is 11.8 Å². The highest BCUT2D eigenvalue weighted by Gasteiger charge is 2.22. The van der Waals surface area contributed by atoms with Gasteiger partial charge in [0.05, 0.1) is 0 Å². The minimum Gasteiger partial charge on any atom is -0.355 e. The Labute approximate surface area is 149 Å². The van der Waals surface area contributed by atoms with E-state index in [4.69, 9.17) is 0 Å². The lowest BCUT2D eigenvalue weighted by Gasteiger charge is -2.37. The molecule has 1 aliphatic carbocycles. The van der Waals surface area contributed by atoms with E-state index in [1.165, 1.54) is 51.9 Å². The quantitative estimate of drug-likeness (QED) is 0.614. The third-order valence-corrected chi connectivity index (χ3v) is 5.96. The van der Waals surface area contributed by atoms with Gasteiger partial charge in [-0.2, -0.15) is 0 Å². The summed E-state index contributed by atoms with van der Waals surface area (Å²) in [5.41, 5.74) is 0. The molecule has 1 aliphatic heterocycles. The van der Waals surface area contributed by atoms with Crippen LogP contribution in [0.4, 0.5) is 0 Å². The van der Waals surface area contributed by atoms with Crippen molar-refractivity contribution in [2.24, 2.45) is 16.8 Å². The van der Waals surface area contributed by atoms with Gasteiger partial charge in [0.1, 0.15) is 0 Å². The first kappa shape index (κ1) is 19.5. The Morgan fingerprint density at radius 3 is 2.38 bits per heavy atom. The van der Waals surface area contributed by atoms with Crippen molar-refractivity contribution in [1.82, 2.24) is 20.0 Å². The van der Waals surface area contributed by atoms with Crippen molar-refractivity contribution in [2.75, 3.05) is 60.4 Å². The number of nitrogens with zero attached hydrogens (tertiary/aromatic N) is 4. The number of nitrogens with one attached hydrogen (secondary N) is 1. The third kappa shape index (κ3) is 5.92. The van der Waals surface area contributed by atoms with Crippen LogP contribution in [-0.4, -0.2) is 87.1 Å². The Bertz CT molecular complexity index is 381. The molecule has 1 N–H and O–H groups in total. The molecule has 0 spiro atoms. The molecule has 0 amide bonds. The number of hydrogen-bond acceptors (Lipinski definition) is 3. The van der Waals surface area contributed by atoms with Crippen molar-refractivity contribution in [3.63, 3.8) is 0 Å². The minimum atomic E-state index is 0.555. The molecule has 2 aliphatic rings. The van der Waals surface area contributed by atoms with E-state index in [1.807, 2.05) is 7.05 Å². The first-order chi connectivity index (χ1) is 11.5. The highest BCUT2D eigenvalue weighted by molar-refractivity contribution is 5.79. The van der Waals surface area contributed by atoms with Gasteiger partial charge in [-0.25, -0.2) is 0 Å². The van der Waals surface area contributed by atoms with Gasteiger partial charge in [-0.3, -0.25) is 9.89 Å². The molecule has 0 aromatic heterocycles. The fourth-order valence-corrected chi connectivity index (χ4v) is 4.00. The van der Waals surface area contributed by atoms with Crippen molar-refractivity contribution in [2.45, 2.75) is 45.6 Å². The lowest BCUT2D eigenvalue weighted by atomic mass is 9.83. The summed E-state index contributed by atoms with van der Waals surface area (Å²) < 4.78 is 0. The van der Waals surface area contributed by atoms with E-state index >= 15 is 0 Å². The summed E-state index contributed by atoms with van der Waals surface area (Å²) in [4.78, 5) is 11.8. The molecule has 0 aromatic carbocycles. The Balaban J connectivity index is 1.72. The molecule has 140 valence electrons. The van der Waals surface area contributed by atoms with Crippen molar-refractivity contribution < 1.29 is 0 Å². The first-order valence-corrected chi connectivity index (χ1v) is 9.84. The van der Waals surface area contributed by atoms with Gasteiger partial charge in [0, 0.05) is 59.4 Å². The zero-order valence-corrected chi connectivity index (χ0v) is 16.6. The summed E-state index contributed by atoms with van der Waals surface area (Å²) in [6.07, 6.45) is 5.54. The second-order valence-electron chi connectivity index (χ2n) is 8.12. The maximum atomic E-state index is 4.50. The number of likely N-dealkylation sites (N-methyl/N-ethyl adjacent to an activating group) is 1. The van der Waals surface area contributed by atoms with Crippen LogP contribution >= 0.6 is 0 Å². The molecule has 5 nitrogen and oxygen atoms in total. The third-order valence-electron chi connectivity index (χ3n) is 5.96. The lowest BCUT2D eigenvalue weighted by molar-refractivity contribution is 0.119. The van der Waals surface area contributed by atoms with Crippen molar-refractivity contribution >= 4 is 5.96 Å². The Hall–Kier alpha value is -0.810. The average molecular weight is 338 g/mol. The molecule has 0 radical (unpaired) electrons. The molecule has 2 rings (SSSR count). The fraction of sp³-hybridized carbons (Fsp3) is 0.947. The lowest BCUT2D eigenvalue weighted by Crippen LogP contribution is -2.52. The molecule has 0 bridgehead atoms. The Morgan fingerprint density at radius 1 is 1.17 bits per heavy atom. The highest BCUT2D eigenvalue weighted by atomic mass is 15.3. The molecule has 0 aromatic rings. The number of rotatable bonds is 5. The summed E-state index contributed by atoms with van der Waals surface area (Å²) in [5.74, 6) is 2.81. The first-order valence-electron chi connectivity index (χ1n) is 9.84. The van der Waals surface area contributed by atoms with Gasteiger partial charge in [0.15, 0.2) is 5.96 Å². The predicted octanol–water partition coefficient (Wildman–Crippen LogP) is 1.96. The summed E-state index contributed by atoms with van der Waals surface area (Å²) in [7, 11) is 6.30. The maximum absolute atomic E-state index is 4.50. The topological polar surface area (TPSA) is 34.1 Å². The normalized spacial score (nSPS) is 28.6. The van der Waals surface area contributed by atoms with Gasteiger partial charge in [-0.1, -0.05) is 19.8 Å². The molecular weight excluding hydrogens is 298 g/mol. The number of guanidine groups is 1. The molecular formula is C19H39N5. The molecule has 1 saturated heterocycles. The Morgan fingerprint density at radius 2 is 1.79 bits per heavy atom. The standard InChI is InChI=1S/C19H39N5/c1-16-6-8-18(9-7-16)15-23(5)19(20-3)21-14-17(2)24-12-10-22(4)11-13-24/h16-18H,6-15H2,1-5H3,(H,20,21). The monoisotopic (exact) mass is 337 g/mol. The van der Waals surface area contributed by atoms with Crippen molar-refractivity contribution in [3.8, 4) is 0 Å². The summed E-state index contributed by atoms with van der Waals surface area (Å²) in [6, 6.07) is 0.555. The van der Waals surface area contributed by atoms with E-state index in [2.05, 4.69) is 53.0 Å². The van der Waals surface area contributed by atoms with Crippen LogP contribution in [0.1, 0.15) is 39.5 Å². The molecule has 1 heterocycles. The molecule has 24 heavy (non-hydrogen) atoms. The van der Waals surface area contributed by atoms with Gasteiger partial charge < -0.3 is 15.1 Å². The SMILES string of the molecule is CN=C(NCC(C)N1CCN(C)CC1)N(C)CC1CCC(C)CC1.